The number of halogens is 1. The van der Waals surface area contributed by atoms with E-state index in [0.29, 0.717) is 5.02 Å². The van der Waals surface area contributed by atoms with E-state index in [1.54, 1.807) is 0 Å². The van der Waals surface area contributed by atoms with Crippen LogP contribution in [0.25, 0.3) is 0 Å². The zero-order valence-corrected chi connectivity index (χ0v) is 23.8. The lowest BCUT2D eigenvalue weighted by Gasteiger charge is -2.34. The fourth-order valence-corrected chi connectivity index (χ4v) is 7.44. The Labute approximate surface area is 235 Å². The van der Waals surface area contributed by atoms with Crippen molar-refractivity contribution in [2.75, 3.05) is 46.3 Å². The number of hydrogen-bond donors (Lipinski definition) is 2. The first-order chi connectivity index (χ1) is 18.7. The van der Waals surface area contributed by atoms with Crippen LogP contribution < -0.4 is 10.6 Å². The Kier molecular flexibility index (Phi) is 8.58. The van der Waals surface area contributed by atoms with Crippen LogP contribution in [-0.4, -0.2) is 86.7 Å². The minimum Gasteiger partial charge on any atom is -0.353 e. The molecule has 1 unspecified atom stereocenters. The lowest BCUT2D eigenvalue weighted by atomic mass is 9.86. The summed E-state index contributed by atoms with van der Waals surface area (Å²) >= 11 is 5.92. The van der Waals surface area contributed by atoms with Gasteiger partial charge in [-0.2, -0.15) is 4.31 Å². The molecule has 5 rings (SSSR count). The number of likely N-dealkylation sites (N-methyl/N-ethyl adjacent to an activating group) is 1. The standard InChI is InChI=1S/C28H36ClN5O4S/c1-32-13-15-33(16-14-32)19-20-5-10-24-21(17-20)3-2-4-25(24)31-27(35)18-26-28(36)30-11-12-34(26)39(37,38)23-8-6-22(29)7-9-23/h5-10,17,25-26H,2-4,11-16,18-19H2,1H3,(H,30,36)(H,31,35)/t25-,26?/m1/s1. The van der Waals surface area contributed by atoms with Crippen molar-refractivity contribution >= 4 is 33.4 Å². The van der Waals surface area contributed by atoms with Gasteiger partial charge in [0, 0.05) is 50.8 Å². The lowest BCUT2D eigenvalue weighted by Crippen LogP contribution is -2.58. The summed E-state index contributed by atoms with van der Waals surface area (Å²) in [6.07, 6.45) is 2.49. The molecule has 2 amide bonds. The first kappa shape index (κ1) is 28.0. The van der Waals surface area contributed by atoms with E-state index in [2.05, 4.69) is 45.7 Å². The average molecular weight is 574 g/mol. The van der Waals surface area contributed by atoms with Crippen LogP contribution in [0, 0.1) is 0 Å². The molecule has 210 valence electrons. The van der Waals surface area contributed by atoms with Gasteiger partial charge in [0.05, 0.1) is 17.4 Å². The predicted octanol–water partition coefficient (Wildman–Crippen LogP) is 2.16. The van der Waals surface area contributed by atoms with Crippen LogP contribution in [0.3, 0.4) is 0 Å². The fraction of sp³-hybridized carbons (Fsp3) is 0.500. The monoisotopic (exact) mass is 573 g/mol. The van der Waals surface area contributed by atoms with Crippen LogP contribution in [-0.2, 0) is 32.6 Å². The predicted molar refractivity (Wildman–Crippen MR) is 150 cm³/mol. The number of carbonyl (C=O) groups excluding carboxylic acids is 2. The van der Waals surface area contributed by atoms with Crippen LogP contribution in [0.1, 0.15) is 42.0 Å². The smallest absolute Gasteiger partial charge is 0.243 e. The van der Waals surface area contributed by atoms with Crippen molar-refractivity contribution in [2.24, 2.45) is 0 Å². The maximum absolute atomic E-state index is 13.3. The van der Waals surface area contributed by atoms with Gasteiger partial charge in [-0.3, -0.25) is 14.5 Å². The van der Waals surface area contributed by atoms with E-state index in [0.717, 1.165) is 61.9 Å². The van der Waals surface area contributed by atoms with Gasteiger partial charge in [0.25, 0.3) is 0 Å². The average Bonchev–Trinajstić information content (AvgIpc) is 2.91. The summed E-state index contributed by atoms with van der Waals surface area (Å²) < 4.78 is 27.8. The van der Waals surface area contributed by atoms with Crippen molar-refractivity contribution in [3.8, 4) is 0 Å². The fourth-order valence-electron chi connectivity index (χ4n) is 5.73. The van der Waals surface area contributed by atoms with Gasteiger partial charge in [0.15, 0.2) is 0 Å². The number of rotatable bonds is 7. The number of aryl methyl sites for hydroxylation is 1. The third-order valence-electron chi connectivity index (χ3n) is 7.94. The molecule has 2 N–H and O–H groups in total. The van der Waals surface area contributed by atoms with Gasteiger partial charge in [-0.25, -0.2) is 8.42 Å². The molecule has 2 aromatic rings. The molecule has 0 aromatic heterocycles. The molecule has 2 saturated heterocycles. The highest BCUT2D eigenvalue weighted by atomic mass is 35.5. The summed E-state index contributed by atoms with van der Waals surface area (Å²) in [7, 11) is -1.83. The number of piperazine rings is 2. The first-order valence-electron chi connectivity index (χ1n) is 13.6. The molecule has 2 atom stereocenters. The molecule has 0 bridgehead atoms. The number of amides is 2. The summed E-state index contributed by atoms with van der Waals surface area (Å²) in [6.45, 7) is 5.49. The second-order valence-electron chi connectivity index (χ2n) is 10.7. The van der Waals surface area contributed by atoms with Crippen LogP contribution >= 0.6 is 11.6 Å². The maximum atomic E-state index is 13.3. The summed E-state index contributed by atoms with van der Waals surface area (Å²) in [5.41, 5.74) is 3.64. The zero-order valence-electron chi connectivity index (χ0n) is 22.2. The van der Waals surface area contributed by atoms with Crippen LogP contribution in [0.5, 0.6) is 0 Å². The highest BCUT2D eigenvalue weighted by Gasteiger charge is 2.40. The van der Waals surface area contributed by atoms with Crippen molar-refractivity contribution in [3.05, 3.63) is 64.2 Å². The lowest BCUT2D eigenvalue weighted by molar-refractivity contribution is -0.132. The zero-order chi connectivity index (χ0) is 27.6. The molecule has 0 radical (unpaired) electrons. The Morgan fingerprint density at radius 1 is 1.08 bits per heavy atom. The van der Waals surface area contributed by atoms with Crippen molar-refractivity contribution in [1.82, 2.24) is 24.7 Å². The quantitative estimate of drug-likeness (QED) is 0.526. The van der Waals surface area contributed by atoms with E-state index < -0.39 is 22.0 Å². The van der Waals surface area contributed by atoms with Gasteiger partial charge >= 0.3 is 0 Å². The van der Waals surface area contributed by atoms with Gasteiger partial charge in [-0.1, -0.05) is 29.8 Å². The Bertz CT molecular complexity index is 1310. The number of fused-ring (bicyclic) bond motifs is 1. The number of carbonyl (C=O) groups is 2. The number of nitrogens with one attached hydrogen (secondary N) is 2. The molecular weight excluding hydrogens is 538 g/mol. The highest BCUT2D eigenvalue weighted by Crippen LogP contribution is 2.31. The Morgan fingerprint density at radius 3 is 2.56 bits per heavy atom. The van der Waals surface area contributed by atoms with E-state index in [9.17, 15) is 18.0 Å². The highest BCUT2D eigenvalue weighted by molar-refractivity contribution is 7.89. The molecule has 2 aliphatic heterocycles. The largest absolute Gasteiger partial charge is 0.353 e. The molecule has 39 heavy (non-hydrogen) atoms. The van der Waals surface area contributed by atoms with Crippen molar-refractivity contribution in [2.45, 2.75) is 49.2 Å². The number of sulfonamides is 1. The van der Waals surface area contributed by atoms with Gasteiger partial charge in [0.1, 0.15) is 6.04 Å². The molecule has 0 saturated carbocycles. The summed E-state index contributed by atoms with van der Waals surface area (Å²) in [6, 6.07) is 11.1. The number of hydrogen-bond acceptors (Lipinski definition) is 6. The molecule has 1 aliphatic carbocycles. The van der Waals surface area contributed by atoms with E-state index >= 15 is 0 Å². The van der Waals surface area contributed by atoms with E-state index in [-0.39, 0.29) is 36.4 Å². The van der Waals surface area contributed by atoms with Crippen LogP contribution in [0.15, 0.2) is 47.4 Å². The Balaban J connectivity index is 1.26. The molecule has 3 aliphatic rings. The Morgan fingerprint density at radius 2 is 1.82 bits per heavy atom. The molecule has 0 spiro atoms. The minimum absolute atomic E-state index is 0.0422. The minimum atomic E-state index is -3.98. The van der Waals surface area contributed by atoms with E-state index in [1.807, 2.05) is 0 Å². The molecule has 2 fully saturated rings. The third kappa shape index (κ3) is 6.47. The van der Waals surface area contributed by atoms with Crippen LogP contribution in [0.2, 0.25) is 5.02 Å². The van der Waals surface area contributed by atoms with Crippen molar-refractivity contribution in [1.29, 1.82) is 0 Å². The summed E-state index contributed by atoms with van der Waals surface area (Å²) in [5.74, 6) is -0.806. The normalized spacial score (nSPS) is 23.2. The van der Waals surface area contributed by atoms with Gasteiger partial charge < -0.3 is 15.5 Å². The molecule has 11 heteroatoms. The van der Waals surface area contributed by atoms with Crippen molar-refractivity contribution in [3.63, 3.8) is 0 Å². The second kappa shape index (κ2) is 11.9. The van der Waals surface area contributed by atoms with Crippen molar-refractivity contribution < 1.29 is 18.0 Å². The molecule has 9 nitrogen and oxygen atoms in total. The Hall–Kier alpha value is -2.50. The van der Waals surface area contributed by atoms with E-state index in [1.165, 1.54) is 35.4 Å². The van der Waals surface area contributed by atoms with Gasteiger partial charge in [-0.05, 0) is 67.3 Å². The molecular formula is C28H36ClN5O4S. The summed E-state index contributed by atoms with van der Waals surface area (Å²) in [5, 5.41) is 6.22. The number of nitrogens with zero attached hydrogens (tertiary/aromatic N) is 3. The topological polar surface area (TPSA) is 102 Å². The summed E-state index contributed by atoms with van der Waals surface area (Å²) in [4.78, 5) is 30.8. The SMILES string of the molecule is CN1CCN(Cc2ccc3c(c2)CCC[C@H]3NC(=O)CC2C(=O)NCCN2S(=O)(=O)c2ccc(Cl)cc2)CC1. The van der Waals surface area contributed by atoms with Gasteiger partial charge in [-0.15, -0.1) is 0 Å². The maximum Gasteiger partial charge on any atom is 0.243 e. The second-order valence-corrected chi connectivity index (χ2v) is 13.0. The van der Waals surface area contributed by atoms with Gasteiger partial charge in [0.2, 0.25) is 21.8 Å². The molecule has 2 aromatic carbocycles. The first-order valence-corrected chi connectivity index (χ1v) is 15.4. The van der Waals surface area contributed by atoms with Crippen LogP contribution in [0.4, 0.5) is 0 Å². The number of benzene rings is 2. The van der Waals surface area contributed by atoms with E-state index in [4.69, 9.17) is 11.6 Å². The molecule has 2 heterocycles. The third-order valence-corrected chi connectivity index (χ3v) is 10.1.